The van der Waals surface area contributed by atoms with Crippen molar-refractivity contribution >= 4 is 34.5 Å². The summed E-state index contributed by atoms with van der Waals surface area (Å²) >= 11 is 6.62. The number of benzene rings is 1. The highest BCUT2D eigenvalue weighted by Crippen LogP contribution is 2.35. The van der Waals surface area contributed by atoms with Gasteiger partial charge in [0.15, 0.2) is 0 Å². The number of aliphatic imine (C=N–C) groups is 2. The van der Waals surface area contributed by atoms with Crippen LogP contribution in [0.5, 0.6) is 0 Å². The molecule has 0 atom stereocenters. The summed E-state index contributed by atoms with van der Waals surface area (Å²) in [5.74, 6) is -1.33. The van der Waals surface area contributed by atoms with Crippen LogP contribution >= 0.6 is 11.6 Å². The van der Waals surface area contributed by atoms with Crippen molar-refractivity contribution in [3.63, 3.8) is 0 Å². The lowest BCUT2D eigenvalue weighted by atomic mass is 9.91. The van der Waals surface area contributed by atoms with Crippen molar-refractivity contribution in [2.45, 2.75) is 99.6 Å². The first kappa shape index (κ1) is 29.9. The van der Waals surface area contributed by atoms with Crippen molar-refractivity contribution in [1.29, 1.82) is 0 Å². The van der Waals surface area contributed by atoms with Gasteiger partial charge in [0.2, 0.25) is 5.92 Å². The number of hydrogen-bond donors (Lipinski definition) is 1. The summed E-state index contributed by atoms with van der Waals surface area (Å²) in [4.78, 5) is 18.8. The van der Waals surface area contributed by atoms with Crippen LogP contribution in [0.4, 0.5) is 14.6 Å². The van der Waals surface area contributed by atoms with Crippen molar-refractivity contribution < 1.29 is 8.78 Å². The smallest absolute Gasteiger partial charge is 0.248 e. The molecular formula is C30H40ClF2N5. The van der Waals surface area contributed by atoms with E-state index in [9.17, 15) is 8.78 Å². The van der Waals surface area contributed by atoms with Gasteiger partial charge in [0.05, 0.1) is 28.7 Å². The van der Waals surface area contributed by atoms with Gasteiger partial charge in [-0.1, -0.05) is 45.0 Å². The summed E-state index contributed by atoms with van der Waals surface area (Å²) in [6.07, 6.45) is 0.590. The van der Waals surface area contributed by atoms with Crippen LogP contribution < -0.4 is 5.32 Å². The van der Waals surface area contributed by atoms with E-state index in [1.807, 2.05) is 39.8 Å². The molecule has 1 saturated carbocycles. The molecule has 0 amide bonds. The van der Waals surface area contributed by atoms with Gasteiger partial charge >= 0.3 is 0 Å². The number of aryl methyl sites for hydroxylation is 1. The topological polar surface area (TPSA) is 62.5 Å². The summed E-state index contributed by atoms with van der Waals surface area (Å²) in [6, 6.07) is 3.82. The fourth-order valence-corrected chi connectivity index (χ4v) is 4.81. The average molecular weight is 544 g/mol. The molecule has 0 aliphatic heterocycles. The third kappa shape index (κ3) is 7.25. The first-order valence-corrected chi connectivity index (χ1v) is 13.5. The molecule has 1 aromatic carbocycles. The van der Waals surface area contributed by atoms with E-state index in [0.717, 1.165) is 28.0 Å². The molecule has 1 N–H and O–H groups in total. The zero-order valence-corrected chi connectivity index (χ0v) is 24.7. The molecule has 0 unspecified atom stereocenters. The molecule has 8 heteroatoms. The Labute approximate surface area is 231 Å². The van der Waals surface area contributed by atoms with Crippen LogP contribution in [-0.4, -0.2) is 33.4 Å². The fourth-order valence-electron chi connectivity index (χ4n) is 4.50. The maximum atomic E-state index is 13.6. The van der Waals surface area contributed by atoms with Crippen molar-refractivity contribution in [1.82, 2.24) is 9.97 Å². The number of nitrogens with one attached hydrogen (secondary N) is 1. The molecule has 2 aromatic rings. The minimum absolute atomic E-state index is 0.0114. The number of hydrogen-bond acceptors (Lipinski definition) is 5. The van der Waals surface area contributed by atoms with Gasteiger partial charge in [-0.05, 0) is 70.1 Å². The van der Waals surface area contributed by atoms with E-state index >= 15 is 0 Å². The van der Waals surface area contributed by atoms with E-state index in [2.05, 4.69) is 49.6 Å². The molecule has 0 radical (unpaired) electrons. The lowest BCUT2D eigenvalue weighted by Gasteiger charge is -2.29. The highest BCUT2D eigenvalue weighted by Gasteiger charge is 2.35. The molecule has 3 rings (SSSR count). The normalized spacial score (nSPS) is 17.0. The van der Waals surface area contributed by atoms with Crippen molar-refractivity contribution in [3.05, 3.63) is 57.5 Å². The van der Waals surface area contributed by atoms with Gasteiger partial charge in [-0.2, -0.15) is 0 Å². The quantitative estimate of drug-likeness (QED) is 0.356. The van der Waals surface area contributed by atoms with Crippen LogP contribution in [0.3, 0.4) is 0 Å². The van der Waals surface area contributed by atoms with Crippen molar-refractivity contribution in [3.8, 4) is 0 Å². The Balaban J connectivity index is 1.88. The second kappa shape index (κ2) is 11.6. The molecule has 1 fully saturated rings. The second-order valence-corrected chi connectivity index (χ2v) is 11.8. The zero-order valence-electron chi connectivity index (χ0n) is 23.9. The van der Waals surface area contributed by atoms with Crippen molar-refractivity contribution in [2.24, 2.45) is 15.4 Å². The van der Waals surface area contributed by atoms with E-state index < -0.39 is 5.92 Å². The first-order valence-electron chi connectivity index (χ1n) is 13.1. The number of nitrogens with zero attached hydrogens (tertiary/aromatic N) is 4. The van der Waals surface area contributed by atoms with Gasteiger partial charge in [-0.25, -0.2) is 18.7 Å². The Morgan fingerprint density at radius 1 is 1.11 bits per heavy atom. The van der Waals surface area contributed by atoms with Gasteiger partial charge in [-0.15, -0.1) is 0 Å². The summed E-state index contributed by atoms with van der Waals surface area (Å²) in [5.41, 5.74) is 6.69. The molecule has 0 bridgehead atoms. The molecule has 206 valence electrons. The Morgan fingerprint density at radius 3 is 2.34 bits per heavy atom. The predicted octanol–water partition coefficient (Wildman–Crippen LogP) is 8.53. The van der Waals surface area contributed by atoms with Crippen LogP contribution in [0.1, 0.15) is 94.1 Å². The number of rotatable bonds is 7. The minimum Gasteiger partial charge on any atom is -0.367 e. The third-order valence-electron chi connectivity index (χ3n) is 7.35. The Hall–Kier alpha value is -2.67. The van der Waals surface area contributed by atoms with E-state index in [4.69, 9.17) is 21.6 Å². The third-order valence-corrected chi connectivity index (χ3v) is 7.66. The standard InChI is InChI=1S/C30H40ClF2N5/c1-17-23(16-34-21(5)29(7,8)9)10-11-25(31)26(17)19(3)35-20(4)27-18(2)28(37-22(6)36-27)38-24-12-14-30(32,33)15-13-24/h10-11,24H,3,12-16H2,1-2,4-9H3,(H,36,37,38). The van der Waals surface area contributed by atoms with E-state index in [1.165, 1.54) is 0 Å². The summed E-state index contributed by atoms with van der Waals surface area (Å²) in [5, 5.41) is 3.95. The molecule has 1 heterocycles. The lowest BCUT2D eigenvalue weighted by molar-refractivity contribution is -0.0361. The first-order chi connectivity index (χ1) is 17.6. The van der Waals surface area contributed by atoms with Gasteiger partial charge in [0, 0.05) is 35.7 Å². The highest BCUT2D eigenvalue weighted by molar-refractivity contribution is 6.32. The molecule has 1 aliphatic rings. The van der Waals surface area contributed by atoms with Gasteiger partial charge in [0.1, 0.15) is 11.6 Å². The monoisotopic (exact) mass is 543 g/mol. The average Bonchev–Trinajstić information content (AvgIpc) is 2.81. The lowest BCUT2D eigenvalue weighted by Crippen LogP contribution is -2.32. The Bertz CT molecular complexity index is 1260. The predicted molar refractivity (Wildman–Crippen MR) is 156 cm³/mol. The number of aromatic nitrogens is 2. The highest BCUT2D eigenvalue weighted by atomic mass is 35.5. The van der Waals surface area contributed by atoms with Crippen molar-refractivity contribution in [2.75, 3.05) is 5.32 Å². The maximum absolute atomic E-state index is 13.6. The molecule has 38 heavy (non-hydrogen) atoms. The van der Waals surface area contributed by atoms with Crippen LogP contribution in [0.15, 0.2) is 28.7 Å². The summed E-state index contributed by atoms with van der Waals surface area (Å²) in [7, 11) is 0. The Morgan fingerprint density at radius 2 is 1.74 bits per heavy atom. The molecule has 1 aliphatic carbocycles. The SMILES string of the molecule is C=C(N=C(C)c1nc(C)nc(NC2CCC(F)(F)CC2)c1C)c1c(Cl)ccc(CN=C(C)C(C)(C)C)c1C. The second-order valence-electron chi connectivity index (χ2n) is 11.4. The summed E-state index contributed by atoms with van der Waals surface area (Å²) in [6.45, 7) is 20.9. The molecule has 0 saturated heterocycles. The van der Waals surface area contributed by atoms with Crippen LogP contribution in [0.25, 0.3) is 5.70 Å². The largest absolute Gasteiger partial charge is 0.367 e. The summed E-state index contributed by atoms with van der Waals surface area (Å²) < 4.78 is 27.2. The van der Waals surface area contributed by atoms with Crippen LogP contribution in [-0.2, 0) is 6.54 Å². The number of halogens is 3. The van der Waals surface area contributed by atoms with Gasteiger partial charge in [0.25, 0.3) is 0 Å². The fraction of sp³-hybridized carbons (Fsp3) is 0.533. The van der Waals surface area contributed by atoms with E-state index in [0.29, 0.717) is 53.2 Å². The molecule has 5 nitrogen and oxygen atoms in total. The van der Waals surface area contributed by atoms with Crippen LogP contribution in [0, 0.1) is 26.2 Å². The zero-order chi connectivity index (χ0) is 28.4. The maximum Gasteiger partial charge on any atom is 0.248 e. The van der Waals surface area contributed by atoms with Gasteiger partial charge in [-0.3, -0.25) is 9.98 Å². The number of anilines is 1. The molecule has 1 aromatic heterocycles. The van der Waals surface area contributed by atoms with E-state index in [-0.39, 0.29) is 24.3 Å². The minimum atomic E-state index is -2.57. The molecular weight excluding hydrogens is 504 g/mol. The van der Waals surface area contributed by atoms with Gasteiger partial charge < -0.3 is 5.32 Å². The van der Waals surface area contributed by atoms with Crippen LogP contribution in [0.2, 0.25) is 5.02 Å². The van der Waals surface area contributed by atoms with E-state index in [1.54, 1.807) is 0 Å². The molecule has 0 spiro atoms. The Kier molecular flexibility index (Phi) is 9.12. The number of alkyl halides is 2.